The molecule has 0 fully saturated rings. The summed E-state index contributed by atoms with van der Waals surface area (Å²) in [6.07, 6.45) is 0.134. The largest absolute Gasteiger partial charge is 0.480 e. The average Bonchev–Trinajstić information content (AvgIpc) is 2.16. The van der Waals surface area contributed by atoms with Gasteiger partial charge in [-0.05, 0) is 13.3 Å². The second-order valence-corrected chi connectivity index (χ2v) is 3.29. The van der Waals surface area contributed by atoms with Crippen LogP contribution in [0.1, 0.15) is 20.3 Å². The van der Waals surface area contributed by atoms with Crippen molar-refractivity contribution in [3.63, 3.8) is 0 Å². The van der Waals surface area contributed by atoms with Crippen LogP contribution in [0.25, 0.3) is 0 Å². The van der Waals surface area contributed by atoms with E-state index in [2.05, 4.69) is 0 Å². The van der Waals surface area contributed by atoms with Gasteiger partial charge in [0.1, 0.15) is 0 Å². The van der Waals surface area contributed by atoms with E-state index in [-0.39, 0.29) is 0 Å². The highest BCUT2D eigenvalue weighted by atomic mass is 35.5. The molecule has 0 heterocycles. The van der Waals surface area contributed by atoms with Gasteiger partial charge in [-0.2, -0.15) is 0 Å². The Morgan fingerprint density at radius 1 is 1.40 bits per heavy atom. The van der Waals surface area contributed by atoms with Gasteiger partial charge in [-0.3, -0.25) is 14.4 Å². The van der Waals surface area contributed by atoms with Crippen molar-refractivity contribution in [1.29, 1.82) is 0 Å². The van der Waals surface area contributed by atoms with Crippen molar-refractivity contribution in [2.45, 2.75) is 26.4 Å². The Morgan fingerprint density at radius 2 is 1.93 bits per heavy atom. The van der Waals surface area contributed by atoms with Gasteiger partial charge in [-0.1, -0.05) is 6.92 Å². The first kappa shape index (κ1) is 13.9. The number of hydrogen-bond acceptors (Lipinski definition) is 4. The number of alkyl halides is 1. The van der Waals surface area contributed by atoms with Crippen molar-refractivity contribution in [1.82, 2.24) is 0 Å². The van der Waals surface area contributed by atoms with Gasteiger partial charge in [-0.15, -0.1) is 11.6 Å². The van der Waals surface area contributed by atoms with E-state index in [0.717, 1.165) is 0 Å². The predicted molar refractivity (Wildman–Crippen MR) is 52.7 cm³/mol. The number of Topliss-reactive ketones (excluding diaryl/α,β-unsaturated/α-hetero) is 1. The monoisotopic (exact) mass is 236 g/mol. The molecule has 0 saturated carbocycles. The second kappa shape index (κ2) is 6.40. The molecule has 0 aromatic heterocycles. The molecule has 0 saturated heterocycles. The number of aliphatic carboxylic acids is 1. The van der Waals surface area contributed by atoms with Crippen LogP contribution in [-0.4, -0.2) is 34.8 Å². The maximum absolute atomic E-state index is 11.3. The van der Waals surface area contributed by atoms with Crippen LogP contribution in [0.3, 0.4) is 0 Å². The summed E-state index contributed by atoms with van der Waals surface area (Å²) < 4.78 is 4.75. The average molecular weight is 237 g/mol. The van der Waals surface area contributed by atoms with Crippen LogP contribution in [0.5, 0.6) is 0 Å². The molecule has 0 amide bonds. The molecule has 2 atom stereocenters. The highest BCUT2D eigenvalue weighted by Crippen LogP contribution is 2.07. The van der Waals surface area contributed by atoms with Crippen molar-refractivity contribution >= 4 is 29.3 Å². The molecular weight excluding hydrogens is 224 g/mol. The van der Waals surface area contributed by atoms with Gasteiger partial charge in [0.2, 0.25) is 5.92 Å². The van der Waals surface area contributed by atoms with Crippen molar-refractivity contribution < 1.29 is 24.2 Å². The smallest absolute Gasteiger partial charge is 0.328 e. The molecule has 0 aliphatic rings. The molecule has 0 aliphatic carbocycles. The first-order valence-corrected chi connectivity index (χ1v) is 4.99. The van der Waals surface area contributed by atoms with Crippen LogP contribution < -0.4 is 0 Å². The van der Waals surface area contributed by atoms with Gasteiger partial charge in [0.25, 0.3) is 0 Å². The lowest BCUT2D eigenvalue weighted by atomic mass is 10.1. The number of halogens is 1. The third kappa shape index (κ3) is 4.29. The first-order valence-electron chi connectivity index (χ1n) is 4.46. The number of carbonyl (C=O) groups is 3. The Hall–Kier alpha value is -1.10. The fraction of sp³-hybridized carbons (Fsp3) is 0.667. The molecule has 0 aromatic carbocycles. The van der Waals surface area contributed by atoms with Crippen LogP contribution in [-0.2, 0) is 19.1 Å². The standard InChI is InChI=1S/C9H13ClO5/c1-3-5(2)15-9(14)7(8(12)13)6(11)4-10/h5,7H,3-4H2,1-2H3,(H,12,13). The van der Waals surface area contributed by atoms with Crippen LogP contribution >= 0.6 is 11.6 Å². The number of rotatable bonds is 6. The number of esters is 1. The lowest BCUT2D eigenvalue weighted by molar-refractivity contribution is -0.163. The third-order valence-corrected chi connectivity index (χ3v) is 2.09. The fourth-order valence-corrected chi connectivity index (χ4v) is 0.951. The summed E-state index contributed by atoms with van der Waals surface area (Å²) in [6.45, 7) is 3.39. The summed E-state index contributed by atoms with van der Waals surface area (Å²) in [5.41, 5.74) is 0. The minimum atomic E-state index is -1.81. The fourth-order valence-electron chi connectivity index (χ4n) is 0.797. The van der Waals surface area contributed by atoms with E-state index >= 15 is 0 Å². The predicted octanol–water partition coefficient (Wildman–Crippen LogP) is 0.837. The Bertz CT molecular complexity index is 263. The molecule has 6 heteroatoms. The number of carboxylic acids is 1. The minimum Gasteiger partial charge on any atom is -0.480 e. The van der Waals surface area contributed by atoms with Crippen molar-refractivity contribution in [2.75, 3.05) is 5.88 Å². The van der Waals surface area contributed by atoms with Crippen molar-refractivity contribution in [3.8, 4) is 0 Å². The van der Waals surface area contributed by atoms with Crippen molar-refractivity contribution in [3.05, 3.63) is 0 Å². The molecular formula is C9H13ClO5. The molecule has 1 N–H and O–H groups in total. The Labute approximate surface area is 92.4 Å². The molecule has 15 heavy (non-hydrogen) atoms. The van der Waals surface area contributed by atoms with E-state index in [0.29, 0.717) is 6.42 Å². The maximum Gasteiger partial charge on any atom is 0.328 e. The molecule has 5 nitrogen and oxygen atoms in total. The Balaban J connectivity index is 4.57. The lowest BCUT2D eigenvalue weighted by Crippen LogP contribution is -2.35. The maximum atomic E-state index is 11.3. The summed E-state index contributed by atoms with van der Waals surface area (Å²) in [6, 6.07) is 0. The minimum absolute atomic E-state index is 0.414. The second-order valence-electron chi connectivity index (χ2n) is 3.03. The molecule has 0 spiro atoms. The number of ketones is 1. The Kier molecular flexibility index (Phi) is 5.93. The summed E-state index contributed by atoms with van der Waals surface area (Å²) >= 11 is 5.18. The van der Waals surface area contributed by atoms with Gasteiger partial charge >= 0.3 is 11.9 Å². The van der Waals surface area contributed by atoms with Gasteiger partial charge in [0.15, 0.2) is 5.78 Å². The molecule has 0 rings (SSSR count). The molecule has 0 aliphatic heterocycles. The van der Waals surface area contributed by atoms with Gasteiger partial charge < -0.3 is 9.84 Å². The molecule has 2 unspecified atom stereocenters. The number of carboxylic acid groups (broad SMARTS) is 1. The van der Waals surface area contributed by atoms with E-state index < -0.39 is 35.6 Å². The van der Waals surface area contributed by atoms with Crippen molar-refractivity contribution in [2.24, 2.45) is 5.92 Å². The highest BCUT2D eigenvalue weighted by Gasteiger charge is 2.35. The van der Waals surface area contributed by atoms with E-state index in [4.69, 9.17) is 21.4 Å². The SMILES string of the molecule is CCC(C)OC(=O)C(C(=O)O)C(=O)CCl. The summed E-state index contributed by atoms with van der Waals surface area (Å²) in [5, 5.41) is 8.65. The van der Waals surface area contributed by atoms with Crippen LogP contribution in [0.4, 0.5) is 0 Å². The van der Waals surface area contributed by atoms with Gasteiger partial charge in [0.05, 0.1) is 12.0 Å². The van der Waals surface area contributed by atoms with E-state index in [9.17, 15) is 14.4 Å². The zero-order chi connectivity index (χ0) is 12.0. The topological polar surface area (TPSA) is 80.7 Å². The zero-order valence-corrected chi connectivity index (χ0v) is 9.28. The molecule has 0 bridgehead atoms. The number of hydrogen-bond donors (Lipinski definition) is 1. The first-order chi connectivity index (χ1) is 6.93. The van der Waals surface area contributed by atoms with Crippen LogP contribution in [0.15, 0.2) is 0 Å². The molecule has 0 aromatic rings. The summed E-state index contributed by atoms with van der Waals surface area (Å²) in [5.74, 6) is -5.78. The quantitative estimate of drug-likeness (QED) is 0.420. The third-order valence-electron chi connectivity index (χ3n) is 1.83. The number of carbonyl (C=O) groups excluding carboxylic acids is 2. The van der Waals surface area contributed by atoms with E-state index in [1.165, 1.54) is 0 Å². The number of ether oxygens (including phenoxy) is 1. The van der Waals surface area contributed by atoms with E-state index in [1.54, 1.807) is 13.8 Å². The molecule has 0 radical (unpaired) electrons. The van der Waals surface area contributed by atoms with E-state index in [1.807, 2.05) is 0 Å². The van der Waals surface area contributed by atoms with Crippen LogP contribution in [0.2, 0.25) is 0 Å². The van der Waals surface area contributed by atoms with Gasteiger partial charge in [0, 0.05) is 0 Å². The van der Waals surface area contributed by atoms with Crippen LogP contribution in [0, 0.1) is 5.92 Å². The normalized spacial score (nSPS) is 14.1. The highest BCUT2D eigenvalue weighted by molar-refractivity contribution is 6.32. The van der Waals surface area contributed by atoms with Gasteiger partial charge in [-0.25, -0.2) is 0 Å². The lowest BCUT2D eigenvalue weighted by Gasteiger charge is -2.14. The summed E-state index contributed by atoms with van der Waals surface area (Å²) in [4.78, 5) is 33.0. The summed E-state index contributed by atoms with van der Waals surface area (Å²) in [7, 11) is 0. The molecule has 86 valence electrons. The Morgan fingerprint density at radius 3 is 2.27 bits per heavy atom. The zero-order valence-electron chi connectivity index (χ0n) is 8.53.